The lowest BCUT2D eigenvalue weighted by molar-refractivity contribution is 0.568. The predicted octanol–water partition coefficient (Wildman–Crippen LogP) is 4.74. The number of aromatic nitrogens is 2. The number of nitrogens with two attached hydrogens (primary N) is 1. The maximum Gasteiger partial charge on any atom is 0.220 e. The molecule has 120 valence electrons. The zero-order valence-electron chi connectivity index (χ0n) is 13.3. The van der Waals surface area contributed by atoms with Gasteiger partial charge in [0.2, 0.25) is 5.95 Å². The lowest BCUT2D eigenvalue weighted by atomic mass is 9.90. The molecule has 0 radical (unpaired) electrons. The van der Waals surface area contributed by atoms with Crippen LogP contribution in [0.4, 0.5) is 10.3 Å². The smallest absolute Gasteiger partial charge is 0.220 e. The first-order valence-corrected chi connectivity index (χ1v) is 7.19. The van der Waals surface area contributed by atoms with Crippen molar-refractivity contribution in [2.75, 3.05) is 5.73 Å². The number of hydrogen-bond donors (Lipinski definition) is 1. The molecule has 0 aliphatic rings. The Labute approximate surface area is 141 Å². The summed E-state index contributed by atoms with van der Waals surface area (Å²) >= 11 is 0. The van der Waals surface area contributed by atoms with Crippen molar-refractivity contribution in [3.63, 3.8) is 0 Å². The Morgan fingerprint density at radius 1 is 0.957 bits per heavy atom. The maximum absolute atomic E-state index is 14.0. The summed E-state index contributed by atoms with van der Waals surface area (Å²) in [5.41, 5.74) is 8.17. The van der Waals surface area contributed by atoms with E-state index in [2.05, 4.69) is 30.7 Å². The molecule has 0 saturated heterocycles. The number of rotatable bonds is 1. The van der Waals surface area contributed by atoms with Gasteiger partial charge in [0.1, 0.15) is 5.82 Å². The van der Waals surface area contributed by atoms with Gasteiger partial charge in [-0.15, -0.1) is 12.4 Å². The molecule has 0 spiro atoms. The first-order valence-electron chi connectivity index (χ1n) is 7.19. The van der Waals surface area contributed by atoms with Gasteiger partial charge in [-0.3, -0.25) is 0 Å². The van der Waals surface area contributed by atoms with Crippen LogP contribution in [0.2, 0.25) is 0 Å². The monoisotopic (exact) mass is 331 g/mol. The number of anilines is 1. The summed E-state index contributed by atoms with van der Waals surface area (Å²) in [5, 5.41) is 1.40. The second-order valence-corrected chi connectivity index (χ2v) is 6.39. The van der Waals surface area contributed by atoms with Crippen molar-refractivity contribution in [2.24, 2.45) is 0 Å². The highest BCUT2D eigenvalue weighted by atomic mass is 35.5. The number of halogens is 2. The lowest BCUT2D eigenvalue weighted by Gasteiger charge is -2.19. The van der Waals surface area contributed by atoms with E-state index < -0.39 is 0 Å². The molecule has 0 amide bonds. The molecule has 0 fully saturated rings. The number of benzene rings is 2. The molecule has 3 aromatic rings. The molecular weight excluding hydrogens is 313 g/mol. The zero-order chi connectivity index (χ0) is 15.9. The molecule has 0 saturated carbocycles. The van der Waals surface area contributed by atoms with Crippen LogP contribution in [-0.2, 0) is 5.41 Å². The van der Waals surface area contributed by atoms with E-state index in [1.54, 1.807) is 12.1 Å². The molecular formula is C18H19ClFN3. The highest BCUT2D eigenvalue weighted by Gasteiger charge is 2.18. The molecule has 0 aliphatic carbocycles. The van der Waals surface area contributed by atoms with Crippen molar-refractivity contribution in [3.05, 3.63) is 54.0 Å². The van der Waals surface area contributed by atoms with Gasteiger partial charge in [0.25, 0.3) is 0 Å². The summed E-state index contributed by atoms with van der Waals surface area (Å²) in [6, 6.07) is 12.5. The van der Waals surface area contributed by atoms with Crippen LogP contribution in [0, 0.1) is 5.82 Å². The fourth-order valence-electron chi connectivity index (χ4n) is 2.47. The topological polar surface area (TPSA) is 51.8 Å². The summed E-state index contributed by atoms with van der Waals surface area (Å²) < 4.78 is 14.0. The standard InChI is InChI=1S/C18H18FN3.ClH/c1-18(2,3)16-10-15(21-17(20)22-16)13-8-9-14(19)12-7-5-4-6-11(12)13;/h4-10H,1-3H3,(H2,20,21,22);1H. The second kappa shape index (κ2) is 6.13. The zero-order valence-corrected chi connectivity index (χ0v) is 14.1. The Balaban J connectivity index is 0.00000192. The summed E-state index contributed by atoms with van der Waals surface area (Å²) in [5.74, 6) is -0.00625. The third-order valence-electron chi connectivity index (χ3n) is 3.66. The van der Waals surface area contributed by atoms with Gasteiger partial charge in [-0.1, -0.05) is 45.0 Å². The Morgan fingerprint density at radius 2 is 1.61 bits per heavy atom. The third-order valence-corrected chi connectivity index (χ3v) is 3.66. The molecule has 3 rings (SSSR count). The molecule has 0 aliphatic heterocycles. The van der Waals surface area contributed by atoms with Crippen molar-refractivity contribution in [3.8, 4) is 11.3 Å². The van der Waals surface area contributed by atoms with E-state index in [1.165, 1.54) is 6.07 Å². The summed E-state index contributed by atoms with van der Waals surface area (Å²) in [6.45, 7) is 6.21. The highest BCUT2D eigenvalue weighted by molar-refractivity contribution is 5.96. The highest BCUT2D eigenvalue weighted by Crippen LogP contribution is 2.31. The quantitative estimate of drug-likeness (QED) is 0.700. The molecule has 0 atom stereocenters. The van der Waals surface area contributed by atoms with Gasteiger partial charge in [-0.05, 0) is 23.6 Å². The molecule has 3 nitrogen and oxygen atoms in total. The van der Waals surface area contributed by atoms with Crippen molar-refractivity contribution < 1.29 is 4.39 Å². The van der Waals surface area contributed by atoms with Gasteiger partial charge >= 0.3 is 0 Å². The van der Waals surface area contributed by atoms with E-state index >= 15 is 0 Å². The van der Waals surface area contributed by atoms with Crippen LogP contribution < -0.4 is 5.73 Å². The van der Waals surface area contributed by atoms with Crippen LogP contribution in [-0.4, -0.2) is 9.97 Å². The fraction of sp³-hybridized carbons (Fsp3) is 0.222. The van der Waals surface area contributed by atoms with Gasteiger partial charge in [0.05, 0.1) is 11.4 Å². The van der Waals surface area contributed by atoms with Gasteiger partial charge in [-0.25, -0.2) is 14.4 Å². The first kappa shape index (κ1) is 17.2. The number of nitrogen functional groups attached to an aromatic ring is 1. The lowest BCUT2D eigenvalue weighted by Crippen LogP contribution is -2.15. The minimum absolute atomic E-state index is 0. The molecule has 2 N–H and O–H groups in total. The SMILES string of the molecule is CC(C)(C)c1cc(-c2ccc(F)c3ccccc23)nc(N)n1.Cl. The van der Waals surface area contributed by atoms with Crippen LogP contribution in [0.25, 0.3) is 22.0 Å². The Bertz CT molecular complexity index is 856. The van der Waals surface area contributed by atoms with Crippen LogP contribution in [0.15, 0.2) is 42.5 Å². The third kappa shape index (κ3) is 3.27. The van der Waals surface area contributed by atoms with Crippen molar-refractivity contribution in [2.45, 2.75) is 26.2 Å². The normalized spacial score (nSPS) is 11.3. The summed E-state index contributed by atoms with van der Waals surface area (Å²) in [4.78, 5) is 8.66. The van der Waals surface area contributed by atoms with E-state index in [0.717, 1.165) is 16.6 Å². The van der Waals surface area contributed by atoms with E-state index in [-0.39, 0.29) is 29.6 Å². The molecule has 2 aromatic carbocycles. The van der Waals surface area contributed by atoms with Gasteiger partial charge < -0.3 is 5.73 Å². The van der Waals surface area contributed by atoms with Crippen molar-refractivity contribution in [1.29, 1.82) is 0 Å². The van der Waals surface area contributed by atoms with E-state index in [0.29, 0.717) is 11.1 Å². The van der Waals surface area contributed by atoms with E-state index in [1.807, 2.05) is 24.3 Å². The molecule has 5 heteroatoms. The largest absolute Gasteiger partial charge is 0.368 e. The molecule has 1 heterocycles. The number of nitrogens with zero attached hydrogens (tertiary/aromatic N) is 2. The molecule has 1 aromatic heterocycles. The van der Waals surface area contributed by atoms with E-state index in [4.69, 9.17) is 5.73 Å². The Morgan fingerprint density at radius 3 is 2.26 bits per heavy atom. The number of hydrogen-bond acceptors (Lipinski definition) is 3. The fourth-order valence-corrected chi connectivity index (χ4v) is 2.47. The first-order chi connectivity index (χ1) is 10.4. The molecule has 23 heavy (non-hydrogen) atoms. The van der Waals surface area contributed by atoms with Crippen molar-refractivity contribution in [1.82, 2.24) is 9.97 Å². The van der Waals surface area contributed by atoms with Gasteiger partial charge in [0.15, 0.2) is 0 Å². The average molecular weight is 332 g/mol. The summed E-state index contributed by atoms with van der Waals surface area (Å²) in [6.07, 6.45) is 0. The summed E-state index contributed by atoms with van der Waals surface area (Å²) in [7, 11) is 0. The van der Waals surface area contributed by atoms with E-state index in [9.17, 15) is 4.39 Å². The number of fused-ring (bicyclic) bond motifs is 1. The van der Waals surface area contributed by atoms with Gasteiger partial charge in [-0.2, -0.15) is 0 Å². The van der Waals surface area contributed by atoms with Crippen LogP contribution in [0.3, 0.4) is 0 Å². The Kier molecular flexibility index (Phi) is 4.57. The minimum atomic E-state index is -0.238. The second-order valence-electron chi connectivity index (χ2n) is 6.39. The van der Waals surface area contributed by atoms with Crippen LogP contribution in [0.1, 0.15) is 26.5 Å². The maximum atomic E-state index is 14.0. The van der Waals surface area contributed by atoms with Crippen molar-refractivity contribution >= 4 is 29.1 Å². The predicted molar refractivity (Wildman–Crippen MR) is 95.3 cm³/mol. The molecule has 0 bridgehead atoms. The van der Waals surface area contributed by atoms with Crippen LogP contribution in [0.5, 0.6) is 0 Å². The minimum Gasteiger partial charge on any atom is -0.368 e. The molecule has 0 unspecified atom stereocenters. The van der Waals surface area contributed by atoms with Gasteiger partial charge in [0, 0.05) is 16.4 Å². The average Bonchev–Trinajstić information content (AvgIpc) is 2.46. The Hall–Kier alpha value is -2.20. The van der Waals surface area contributed by atoms with Crippen LogP contribution >= 0.6 is 12.4 Å².